The molecule has 0 aromatic carbocycles. The second-order valence-electron chi connectivity index (χ2n) is 3.46. The molecule has 4 nitrogen and oxygen atoms in total. The number of rotatable bonds is 1. The third kappa shape index (κ3) is 2.31. The van der Waals surface area contributed by atoms with Gasteiger partial charge in [0.05, 0.1) is 7.11 Å². The van der Waals surface area contributed by atoms with E-state index in [2.05, 4.69) is 26.9 Å². The molecule has 0 aliphatic carbocycles. The molecule has 0 saturated carbocycles. The van der Waals surface area contributed by atoms with Crippen LogP contribution in [-0.2, 0) is 16.0 Å². The van der Waals surface area contributed by atoms with E-state index in [9.17, 15) is 4.79 Å². The Balaban J connectivity index is 2.07. The summed E-state index contributed by atoms with van der Waals surface area (Å²) >= 11 is 0. The fourth-order valence-corrected chi connectivity index (χ4v) is 1.53. The first-order valence-electron chi connectivity index (χ1n) is 5.08. The van der Waals surface area contributed by atoms with E-state index in [1.165, 1.54) is 12.7 Å². The lowest BCUT2D eigenvalue weighted by Crippen LogP contribution is -1.97. The van der Waals surface area contributed by atoms with Crippen molar-refractivity contribution >= 4 is 11.8 Å². The molecule has 0 unspecified atom stereocenters. The van der Waals surface area contributed by atoms with E-state index in [1.54, 1.807) is 6.20 Å². The first-order chi connectivity index (χ1) is 7.79. The fraction of sp³-hybridized carbons (Fsp3) is 0.333. The van der Waals surface area contributed by atoms with Crippen molar-refractivity contribution in [2.45, 2.75) is 12.8 Å². The lowest BCUT2D eigenvalue weighted by atomic mass is 10.1. The maximum absolute atomic E-state index is 10.8. The molecule has 1 N–H and O–H groups in total. The molecule has 0 spiro atoms. The Morgan fingerprint density at radius 1 is 1.69 bits per heavy atom. The number of aromatic nitrogens is 1. The molecule has 82 valence electrons. The van der Waals surface area contributed by atoms with Crippen LogP contribution in [0.15, 0.2) is 12.3 Å². The molecule has 4 heteroatoms. The van der Waals surface area contributed by atoms with Gasteiger partial charge in [0.2, 0.25) is 0 Å². The first kappa shape index (κ1) is 10.5. The molecule has 2 heterocycles. The molecule has 0 fully saturated rings. The third-order valence-electron chi connectivity index (χ3n) is 2.35. The number of hydrogen-bond donors (Lipinski definition) is 1. The van der Waals surface area contributed by atoms with Crippen molar-refractivity contribution in [3.05, 3.63) is 23.4 Å². The molecule has 0 radical (unpaired) electrons. The van der Waals surface area contributed by atoms with Gasteiger partial charge in [-0.2, -0.15) is 0 Å². The van der Waals surface area contributed by atoms with Crippen molar-refractivity contribution < 1.29 is 9.53 Å². The number of nitrogens with one attached hydrogen (secondary N) is 1. The summed E-state index contributed by atoms with van der Waals surface area (Å²) in [7, 11) is 1.35. The predicted molar refractivity (Wildman–Crippen MR) is 59.9 cm³/mol. The normalized spacial score (nSPS) is 12.1. The summed E-state index contributed by atoms with van der Waals surface area (Å²) in [5, 5.41) is 3.18. The number of nitrogens with zero attached hydrogens (tertiary/aromatic N) is 1. The molecule has 0 amide bonds. The van der Waals surface area contributed by atoms with Gasteiger partial charge in [-0.25, -0.2) is 4.98 Å². The lowest BCUT2D eigenvalue weighted by molar-refractivity contribution is -0.139. The van der Waals surface area contributed by atoms with Crippen LogP contribution in [0.2, 0.25) is 0 Å². The summed E-state index contributed by atoms with van der Waals surface area (Å²) < 4.78 is 4.50. The van der Waals surface area contributed by atoms with Crippen molar-refractivity contribution in [2.24, 2.45) is 0 Å². The van der Waals surface area contributed by atoms with Crippen LogP contribution >= 0.6 is 0 Å². The molecule has 16 heavy (non-hydrogen) atoms. The number of hydrogen-bond acceptors (Lipinski definition) is 4. The highest BCUT2D eigenvalue weighted by molar-refractivity contribution is 5.72. The zero-order chi connectivity index (χ0) is 11.4. The Labute approximate surface area is 94.0 Å². The summed E-state index contributed by atoms with van der Waals surface area (Å²) in [4.78, 5) is 15.1. The van der Waals surface area contributed by atoms with Crippen LogP contribution in [-0.4, -0.2) is 24.6 Å². The van der Waals surface area contributed by atoms with Crippen LogP contribution < -0.4 is 5.32 Å². The van der Waals surface area contributed by atoms with Gasteiger partial charge >= 0.3 is 5.97 Å². The highest BCUT2D eigenvalue weighted by atomic mass is 16.5. The second-order valence-corrected chi connectivity index (χ2v) is 3.46. The van der Waals surface area contributed by atoms with E-state index in [1.807, 2.05) is 6.07 Å². The Morgan fingerprint density at radius 3 is 3.38 bits per heavy atom. The van der Waals surface area contributed by atoms with E-state index in [0.717, 1.165) is 24.3 Å². The topological polar surface area (TPSA) is 51.2 Å². The maximum atomic E-state index is 10.8. The molecule has 1 aromatic heterocycles. The highest BCUT2D eigenvalue weighted by Crippen LogP contribution is 2.19. The van der Waals surface area contributed by atoms with Crippen molar-refractivity contribution in [1.29, 1.82) is 0 Å². The number of carbonyl (C=O) groups is 1. The number of fused-ring (bicyclic) bond motifs is 1. The molecule has 1 aromatic rings. The van der Waals surface area contributed by atoms with Crippen LogP contribution in [0.1, 0.15) is 17.5 Å². The van der Waals surface area contributed by atoms with Gasteiger partial charge in [0.25, 0.3) is 0 Å². The van der Waals surface area contributed by atoms with Crippen LogP contribution in [0.3, 0.4) is 0 Å². The van der Waals surface area contributed by atoms with E-state index in [4.69, 9.17) is 0 Å². The molecule has 0 bridgehead atoms. The third-order valence-corrected chi connectivity index (χ3v) is 2.35. The van der Waals surface area contributed by atoms with E-state index in [-0.39, 0.29) is 12.4 Å². The van der Waals surface area contributed by atoms with E-state index in [0.29, 0.717) is 0 Å². The summed E-state index contributed by atoms with van der Waals surface area (Å²) in [6.45, 7) is 0.932. The molecule has 1 aliphatic heterocycles. The summed E-state index contributed by atoms with van der Waals surface area (Å²) in [6.07, 6.45) is 2.81. The Hall–Kier alpha value is -2.02. The van der Waals surface area contributed by atoms with Gasteiger partial charge in [-0.3, -0.25) is 4.79 Å². The van der Waals surface area contributed by atoms with Crippen molar-refractivity contribution in [2.75, 3.05) is 19.0 Å². The maximum Gasteiger partial charge on any atom is 0.317 e. The number of carbonyl (C=O) groups excluding carboxylic acids is 1. The molecule has 0 atom stereocenters. The lowest BCUT2D eigenvalue weighted by Gasteiger charge is -1.97. The molecule has 0 saturated heterocycles. The number of ether oxygens (including phenoxy) is 1. The predicted octanol–water partition coefficient (Wildman–Crippen LogP) is 0.964. The molecular weight excluding hydrogens is 204 g/mol. The van der Waals surface area contributed by atoms with Gasteiger partial charge in [0.1, 0.15) is 12.2 Å². The minimum Gasteiger partial charge on any atom is -0.468 e. The summed E-state index contributed by atoms with van der Waals surface area (Å²) in [5.74, 6) is 6.28. The first-order valence-corrected chi connectivity index (χ1v) is 5.08. The number of anilines is 1. The molecule has 2 rings (SSSR count). The van der Waals surface area contributed by atoms with Crippen molar-refractivity contribution in [1.82, 2.24) is 4.98 Å². The largest absolute Gasteiger partial charge is 0.468 e. The van der Waals surface area contributed by atoms with Gasteiger partial charge in [0, 0.05) is 18.3 Å². The standard InChI is InChI=1S/C12H12N2O2/c1-16-11(15)4-2-3-9-7-10-5-6-13-12(10)14-8-9/h7-8H,4-6H2,1H3,(H,13,14). The fourth-order valence-electron chi connectivity index (χ4n) is 1.53. The average Bonchev–Trinajstić information content (AvgIpc) is 2.76. The van der Waals surface area contributed by atoms with Gasteiger partial charge in [-0.15, -0.1) is 0 Å². The van der Waals surface area contributed by atoms with E-state index < -0.39 is 0 Å². The van der Waals surface area contributed by atoms with Crippen LogP contribution in [0, 0.1) is 11.8 Å². The monoisotopic (exact) mass is 216 g/mol. The zero-order valence-electron chi connectivity index (χ0n) is 9.04. The van der Waals surface area contributed by atoms with E-state index >= 15 is 0 Å². The Bertz CT molecular complexity index is 472. The van der Waals surface area contributed by atoms with Gasteiger partial charge < -0.3 is 10.1 Å². The average molecular weight is 216 g/mol. The van der Waals surface area contributed by atoms with Gasteiger partial charge in [0.15, 0.2) is 0 Å². The van der Waals surface area contributed by atoms with Crippen LogP contribution in [0.5, 0.6) is 0 Å². The molecular formula is C12H12N2O2. The minimum absolute atomic E-state index is 0.117. The highest BCUT2D eigenvalue weighted by Gasteiger charge is 2.10. The van der Waals surface area contributed by atoms with Crippen LogP contribution in [0.25, 0.3) is 0 Å². The number of esters is 1. The zero-order valence-corrected chi connectivity index (χ0v) is 9.04. The SMILES string of the molecule is COC(=O)CC#Cc1cnc2c(c1)CCN2. The minimum atomic E-state index is -0.316. The number of pyridine rings is 1. The van der Waals surface area contributed by atoms with Crippen molar-refractivity contribution in [3.63, 3.8) is 0 Å². The summed E-state index contributed by atoms with van der Waals surface area (Å²) in [5.41, 5.74) is 2.02. The van der Waals surface area contributed by atoms with Gasteiger partial charge in [-0.05, 0) is 18.1 Å². The Morgan fingerprint density at radius 2 is 2.56 bits per heavy atom. The Kier molecular flexibility index (Phi) is 3.06. The number of methoxy groups -OCH3 is 1. The van der Waals surface area contributed by atoms with Crippen LogP contribution in [0.4, 0.5) is 5.82 Å². The van der Waals surface area contributed by atoms with Crippen molar-refractivity contribution in [3.8, 4) is 11.8 Å². The smallest absolute Gasteiger partial charge is 0.317 e. The summed E-state index contributed by atoms with van der Waals surface area (Å²) in [6, 6.07) is 2.01. The second kappa shape index (κ2) is 4.67. The quantitative estimate of drug-likeness (QED) is 0.561. The van der Waals surface area contributed by atoms with Gasteiger partial charge in [-0.1, -0.05) is 11.8 Å². The molecule has 1 aliphatic rings.